The summed E-state index contributed by atoms with van der Waals surface area (Å²) in [6.07, 6.45) is 3.61. The van der Waals surface area contributed by atoms with Gasteiger partial charge in [0.2, 0.25) is 0 Å². The minimum Gasteiger partial charge on any atom is -0.306 e. The quantitative estimate of drug-likeness (QED) is 0.709. The van der Waals surface area contributed by atoms with E-state index in [1.807, 2.05) is 6.92 Å². The van der Waals surface area contributed by atoms with E-state index in [9.17, 15) is 0 Å². The maximum atomic E-state index is 6.25. The molecule has 0 unspecified atom stereocenters. The van der Waals surface area contributed by atoms with Gasteiger partial charge in [-0.1, -0.05) is 11.6 Å². The van der Waals surface area contributed by atoms with Gasteiger partial charge in [-0.25, -0.2) is 0 Å². The standard InChI is InChI=1S/C11H13ClN2/c1-6-11(12)7-5-13-8-3-2-4-9(14-6)10(7)8/h8,13H,2-5H2,1H3/t8-/m0/s1. The number of aromatic nitrogens is 1. The van der Waals surface area contributed by atoms with Gasteiger partial charge in [-0.15, -0.1) is 0 Å². The van der Waals surface area contributed by atoms with Crippen LogP contribution in [-0.4, -0.2) is 4.98 Å². The van der Waals surface area contributed by atoms with E-state index in [2.05, 4.69) is 10.3 Å². The fourth-order valence-electron chi connectivity index (χ4n) is 2.64. The number of pyridine rings is 1. The Morgan fingerprint density at radius 1 is 1.50 bits per heavy atom. The molecule has 1 aliphatic heterocycles. The average Bonchev–Trinajstić information content (AvgIpc) is 2.60. The number of nitrogens with zero attached hydrogens (tertiary/aromatic N) is 1. The summed E-state index contributed by atoms with van der Waals surface area (Å²) in [6, 6.07) is 0.527. The summed E-state index contributed by atoms with van der Waals surface area (Å²) in [5, 5.41) is 4.38. The van der Waals surface area contributed by atoms with E-state index in [0.717, 1.165) is 23.7 Å². The third-order valence-corrected chi connectivity index (χ3v) is 3.80. The molecule has 0 saturated carbocycles. The molecule has 0 amide bonds. The molecule has 2 aliphatic rings. The summed E-state index contributed by atoms with van der Waals surface area (Å²) < 4.78 is 0. The summed E-state index contributed by atoms with van der Waals surface area (Å²) in [5.41, 5.74) is 4.98. The normalized spacial score (nSPS) is 23.7. The Morgan fingerprint density at radius 3 is 3.21 bits per heavy atom. The van der Waals surface area contributed by atoms with Gasteiger partial charge in [-0.2, -0.15) is 0 Å². The number of nitrogens with one attached hydrogen (secondary N) is 1. The van der Waals surface area contributed by atoms with Crippen LogP contribution in [0, 0.1) is 6.92 Å². The van der Waals surface area contributed by atoms with Crippen molar-refractivity contribution in [2.45, 2.75) is 38.8 Å². The fourth-order valence-corrected chi connectivity index (χ4v) is 2.86. The van der Waals surface area contributed by atoms with Gasteiger partial charge >= 0.3 is 0 Å². The van der Waals surface area contributed by atoms with E-state index in [0.29, 0.717) is 6.04 Å². The SMILES string of the molecule is Cc1nc2c3c(c1Cl)CN[C@H]3CCC2. The lowest BCUT2D eigenvalue weighted by atomic mass is 9.90. The molecular weight excluding hydrogens is 196 g/mol. The first-order valence-corrected chi connectivity index (χ1v) is 5.56. The molecule has 0 saturated heterocycles. The molecule has 74 valence electrons. The molecule has 2 nitrogen and oxygen atoms in total. The zero-order valence-corrected chi connectivity index (χ0v) is 8.99. The van der Waals surface area contributed by atoms with Crippen molar-refractivity contribution < 1.29 is 0 Å². The highest BCUT2D eigenvalue weighted by atomic mass is 35.5. The van der Waals surface area contributed by atoms with Crippen LogP contribution < -0.4 is 5.32 Å². The Bertz CT molecular complexity index is 401. The Labute approximate surface area is 88.7 Å². The summed E-state index contributed by atoms with van der Waals surface area (Å²) in [4.78, 5) is 4.59. The maximum Gasteiger partial charge on any atom is 0.0667 e. The van der Waals surface area contributed by atoms with Crippen molar-refractivity contribution in [2.24, 2.45) is 0 Å². The second-order valence-corrected chi connectivity index (χ2v) is 4.55. The molecule has 1 aliphatic carbocycles. The number of hydrogen-bond donors (Lipinski definition) is 1. The van der Waals surface area contributed by atoms with E-state index in [-0.39, 0.29) is 0 Å². The van der Waals surface area contributed by atoms with Crippen LogP contribution in [0.4, 0.5) is 0 Å². The van der Waals surface area contributed by atoms with Crippen LogP contribution in [0.15, 0.2) is 0 Å². The summed E-state index contributed by atoms with van der Waals surface area (Å²) in [6.45, 7) is 2.93. The lowest BCUT2D eigenvalue weighted by Gasteiger charge is -2.21. The van der Waals surface area contributed by atoms with Gasteiger partial charge in [-0.3, -0.25) is 4.98 Å². The van der Waals surface area contributed by atoms with Crippen molar-refractivity contribution in [1.82, 2.24) is 10.3 Å². The van der Waals surface area contributed by atoms with E-state index >= 15 is 0 Å². The molecule has 1 aromatic heterocycles. The molecule has 0 fully saturated rings. The number of hydrogen-bond acceptors (Lipinski definition) is 2. The maximum absolute atomic E-state index is 6.25. The first kappa shape index (κ1) is 8.69. The van der Waals surface area contributed by atoms with Crippen LogP contribution in [0.5, 0.6) is 0 Å². The predicted octanol–water partition coefficient (Wildman–Crippen LogP) is 2.52. The lowest BCUT2D eigenvalue weighted by Crippen LogP contribution is -2.17. The Kier molecular flexibility index (Phi) is 1.83. The third-order valence-electron chi connectivity index (χ3n) is 3.30. The van der Waals surface area contributed by atoms with Crippen molar-refractivity contribution >= 4 is 11.6 Å². The van der Waals surface area contributed by atoms with E-state index in [4.69, 9.17) is 11.6 Å². The van der Waals surface area contributed by atoms with Crippen LogP contribution in [-0.2, 0) is 13.0 Å². The van der Waals surface area contributed by atoms with Crippen LogP contribution in [0.1, 0.15) is 41.4 Å². The highest BCUT2D eigenvalue weighted by molar-refractivity contribution is 6.32. The molecule has 0 bridgehead atoms. The molecular formula is C11H13ClN2. The van der Waals surface area contributed by atoms with Crippen LogP contribution in [0.2, 0.25) is 5.02 Å². The zero-order chi connectivity index (χ0) is 9.71. The zero-order valence-electron chi connectivity index (χ0n) is 8.23. The highest BCUT2D eigenvalue weighted by Crippen LogP contribution is 2.39. The summed E-state index contributed by atoms with van der Waals surface area (Å²) >= 11 is 6.25. The fraction of sp³-hybridized carbons (Fsp3) is 0.545. The molecule has 3 heteroatoms. The minimum absolute atomic E-state index is 0.527. The molecule has 2 heterocycles. The molecule has 14 heavy (non-hydrogen) atoms. The third kappa shape index (κ3) is 1.04. The van der Waals surface area contributed by atoms with Gasteiger partial charge in [0.05, 0.1) is 10.7 Å². The molecule has 0 spiro atoms. The number of rotatable bonds is 0. The topological polar surface area (TPSA) is 24.9 Å². The second kappa shape index (κ2) is 2.94. The Hall–Kier alpha value is -0.600. The van der Waals surface area contributed by atoms with Crippen molar-refractivity contribution in [1.29, 1.82) is 0 Å². The monoisotopic (exact) mass is 208 g/mol. The lowest BCUT2D eigenvalue weighted by molar-refractivity contribution is 0.493. The van der Waals surface area contributed by atoms with E-state index in [1.54, 1.807) is 0 Å². The average molecular weight is 209 g/mol. The molecule has 1 aromatic rings. The first-order chi connectivity index (χ1) is 6.77. The predicted molar refractivity (Wildman–Crippen MR) is 56.5 cm³/mol. The first-order valence-electron chi connectivity index (χ1n) is 5.18. The molecule has 1 atom stereocenters. The van der Waals surface area contributed by atoms with Crippen molar-refractivity contribution in [3.8, 4) is 0 Å². The van der Waals surface area contributed by atoms with Gasteiger partial charge in [0, 0.05) is 18.3 Å². The summed E-state index contributed by atoms with van der Waals surface area (Å²) in [5.74, 6) is 0. The highest BCUT2D eigenvalue weighted by Gasteiger charge is 2.31. The van der Waals surface area contributed by atoms with E-state index < -0.39 is 0 Å². The second-order valence-electron chi connectivity index (χ2n) is 4.18. The van der Waals surface area contributed by atoms with Gasteiger partial charge in [-0.05, 0) is 37.3 Å². The van der Waals surface area contributed by atoms with Gasteiger partial charge in [0.25, 0.3) is 0 Å². The smallest absolute Gasteiger partial charge is 0.0667 e. The number of halogens is 1. The minimum atomic E-state index is 0.527. The van der Waals surface area contributed by atoms with Crippen LogP contribution >= 0.6 is 11.6 Å². The largest absolute Gasteiger partial charge is 0.306 e. The molecule has 3 rings (SSSR count). The van der Waals surface area contributed by atoms with Gasteiger partial charge in [0.15, 0.2) is 0 Å². The van der Waals surface area contributed by atoms with Crippen molar-refractivity contribution in [3.63, 3.8) is 0 Å². The summed E-state index contributed by atoms with van der Waals surface area (Å²) in [7, 11) is 0. The molecule has 0 radical (unpaired) electrons. The van der Waals surface area contributed by atoms with Crippen LogP contribution in [0.25, 0.3) is 0 Å². The van der Waals surface area contributed by atoms with Crippen molar-refractivity contribution in [3.05, 3.63) is 27.5 Å². The Morgan fingerprint density at radius 2 is 2.36 bits per heavy atom. The van der Waals surface area contributed by atoms with Crippen molar-refractivity contribution in [2.75, 3.05) is 0 Å². The van der Waals surface area contributed by atoms with Gasteiger partial charge in [0.1, 0.15) is 0 Å². The molecule has 0 aromatic carbocycles. The van der Waals surface area contributed by atoms with Gasteiger partial charge < -0.3 is 5.32 Å². The Balaban J connectivity index is 2.28. The van der Waals surface area contributed by atoms with E-state index in [1.165, 1.54) is 29.7 Å². The number of aryl methyl sites for hydroxylation is 2. The molecule has 1 N–H and O–H groups in total. The van der Waals surface area contributed by atoms with Crippen LogP contribution in [0.3, 0.4) is 0 Å².